The van der Waals surface area contributed by atoms with Gasteiger partial charge in [0.05, 0.1) is 0 Å². The average Bonchev–Trinajstić information content (AvgIpc) is 3.02. The zero-order chi connectivity index (χ0) is 35.7. The SMILES string of the molecule is CCCCCCCCCCCCCCCC(=O)OC1CC[C@]2(C)[C@H]3C(=O)C=C4[C@@H]5CC(C)(C)CC[C@]5(C)CC[C@@]4(C)[C@]3(C)CC[C@H]2C1(C)C. The lowest BCUT2D eigenvalue weighted by atomic mass is 9.33. The summed E-state index contributed by atoms with van der Waals surface area (Å²) in [4.78, 5) is 27.8. The molecule has 4 saturated carbocycles. The van der Waals surface area contributed by atoms with Crippen LogP contribution >= 0.6 is 0 Å². The third-order valence-electron chi connectivity index (χ3n) is 16.5. The van der Waals surface area contributed by atoms with Crippen molar-refractivity contribution in [3.05, 3.63) is 11.6 Å². The van der Waals surface area contributed by atoms with Crippen LogP contribution in [0.25, 0.3) is 0 Å². The summed E-state index contributed by atoms with van der Waals surface area (Å²) >= 11 is 0. The number of hydrogen-bond donors (Lipinski definition) is 0. The van der Waals surface area contributed by atoms with Crippen molar-refractivity contribution in [2.75, 3.05) is 0 Å². The molecule has 49 heavy (non-hydrogen) atoms. The first-order valence-corrected chi connectivity index (χ1v) is 21.5. The van der Waals surface area contributed by atoms with Crippen LogP contribution < -0.4 is 0 Å². The molecule has 0 heterocycles. The van der Waals surface area contributed by atoms with Crippen LogP contribution in [0.4, 0.5) is 0 Å². The van der Waals surface area contributed by atoms with Gasteiger partial charge >= 0.3 is 5.97 Å². The molecule has 0 saturated heterocycles. The van der Waals surface area contributed by atoms with Crippen LogP contribution in [-0.2, 0) is 14.3 Å². The molecule has 0 aromatic carbocycles. The van der Waals surface area contributed by atoms with Gasteiger partial charge in [-0.15, -0.1) is 0 Å². The maximum absolute atomic E-state index is 14.6. The fourth-order valence-corrected chi connectivity index (χ4v) is 13.0. The van der Waals surface area contributed by atoms with Crippen molar-refractivity contribution in [3.8, 4) is 0 Å². The molecule has 1 unspecified atom stereocenters. The number of esters is 1. The molecule has 0 aliphatic heterocycles. The van der Waals surface area contributed by atoms with E-state index in [0.29, 0.717) is 34.9 Å². The zero-order valence-electron chi connectivity index (χ0n) is 33.9. The molecule has 3 nitrogen and oxygen atoms in total. The normalized spacial score (nSPS) is 39.2. The van der Waals surface area contributed by atoms with E-state index in [1.165, 1.54) is 108 Å². The maximum Gasteiger partial charge on any atom is 0.306 e. The molecule has 0 aromatic heterocycles. The maximum atomic E-state index is 14.6. The molecule has 0 N–H and O–H groups in total. The lowest BCUT2D eigenvalue weighted by molar-refractivity contribution is -0.211. The molecule has 0 amide bonds. The van der Waals surface area contributed by atoms with Gasteiger partial charge in [-0.05, 0) is 109 Å². The van der Waals surface area contributed by atoms with E-state index in [2.05, 4.69) is 68.4 Å². The topological polar surface area (TPSA) is 43.4 Å². The van der Waals surface area contributed by atoms with Gasteiger partial charge in [0.15, 0.2) is 5.78 Å². The Balaban J connectivity index is 1.15. The minimum absolute atomic E-state index is 0.000103. The number of allylic oxidation sites excluding steroid dienone is 2. The number of carbonyl (C=O) groups excluding carboxylic acids is 2. The van der Waals surface area contributed by atoms with Crippen molar-refractivity contribution in [1.29, 1.82) is 0 Å². The minimum atomic E-state index is -0.135. The molecular formula is C46H78O3. The lowest BCUT2D eigenvalue weighted by Gasteiger charge is -2.70. The highest BCUT2D eigenvalue weighted by molar-refractivity contribution is 5.95. The van der Waals surface area contributed by atoms with Crippen molar-refractivity contribution in [3.63, 3.8) is 0 Å². The Morgan fingerprint density at radius 1 is 0.714 bits per heavy atom. The first-order valence-electron chi connectivity index (χ1n) is 21.5. The summed E-state index contributed by atoms with van der Waals surface area (Å²) in [7, 11) is 0. The number of ketones is 1. The summed E-state index contributed by atoms with van der Waals surface area (Å²) in [5.41, 5.74) is 2.07. The van der Waals surface area contributed by atoms with Gasteiger partial charge < -0.3 is 4.74 Å². The minimum Gasteiger partial charge on any atom is -0.462 e. The Labute approximate surface area is 303 Å². The Hall–Kier alpha value is -1.12. The molecule has 0 spiro atoms. The molecule has 0 radical (unpaired) electrons. The summed E-state index contributed by atoms with van der Waals surface area (Å²) in [6.45, 7) is 22.0. The van der Waals surface area contributed by atoms with Crippen LogP contribution in [0.15, 0.2) is 11.6 Å². The van der Waals surface area contributed by atoms with Crippen molar-refractivity contribution >= 4 is 11.8 Å². The lowest BCUT2D eigenvalue weighted by Crippen LogP contribution is -2.66. The largest absolute Gasteiger partial charge is 0.462 e. The standard InChI is InChI=1S/C46H78O3/c1-10-11-12-13-14-15-16-17-18-19-20-21-22-23-39(48)49-38-25-26-44(7)37(42(38,4)5)24-27-46(9)40(44)36(47)32-34-35-33-41(2,3)28-29-43(35,6)30-31-45(34,46)8/h32,35,37-38,40H,10-31,33H2,1-9H3/t35-,37-,38?,40+,43+,44-,45+,46+/m0/s1. The smallest absolute Gasteiger partial charge is 0.306 e. The fraction of sp³-hybridized carbons (Fsp3) is 0.913. The molecular weight excluding hydrogens is 601 g/mol. The molecule has 5 aliphatic rings. The van der Waals surface area contributed by atoms with Crippen molar-refractivity contribution in [2.45, 2.75) is 216 Å². The second-order valence-electron chi connectivity index (χ2n) is 20.7. The summed E-state index contributed by atoms with van der Waals surface area (Å²) in [6.07, 6.45) is 30.2. The Morgan fingerprint density at radius 2 is 1.29 bits per heavy atom. The van der Waals surface area contributed by atoms with Gasteiger partial charge in [-0.1, -0.05) is 145 Å². The Kier molecular flexibility index (Phi) is 12.0. The fourth-order valence-electron chi connectivity index (χ4n) is 13.0. The highest BCUT2D eigenvalue weighted by atomic mass is 16.5. The van der Waals surface area contributed by atoms with E-state index < -0.39 is 0 Å². The highest BCUT2D eigenvalue weighted by Crippen LogP contribution is 2.75. The first-order chi connectivity index (χ1) is 23.0. The second kappa shape index (κ2) is 15.1. The number of hydrogen-bond acceptors (Lipinski definition) is 3. The number of ether oxygens (including phenoxy) is 1. The molecule has 5 rings (SSSR count). The van der Waals surface area contributed by atoms with Gasteiger partial charge in [0.25, 0.3) is 0 Å². The molecule has 3 heteroatoms. The Morgan fingerprint density at radius 3 is 1.90 bits per heavy atom. The molecule has 280 valence electrons. The van der Waals surface area contributed by atoms with Crippen LogP contribution in [0.1, 0.15) is 210 Å². The average molecular weight is 679 g/mol. The van der Waals surface area contributed by atoms with Crippen LogP contribution in [0.2, 0.25) is 0 Å². The molecule has 4 fully saturated rings. The van der Waals surface area contributed by atoms with Gasteiger partial charge in [0.1, 0.15) is 6.10 Å². The Bertz CT molecular complexity index is 1190. The van der Waals surface area contributed by atoms with E-state index >= 15 is 0 Å². The van der Waals surface area contributed by atoms with Crippen LogP contribution in [0.3, 0.4) is 0 Å². The monoisotopic (exact) mass is 679 g/mol. The van der Waals surface area contributed by atoms with Crippen molar-refractivity contribution in [2.24, 2.45) is 50.2 Å². The van der Waals surface area contributed by atoms with Crippen LogP contribution in [-0.4, -0.2) is 17.9 Å². The third-order valence-corrected chi connectivity index (χ3v) is 16.5. The quantitative estimate of drug-likeness (QED) is 0.128. The van der Waals surface area contributed by atoms with Gasteiger partial charge in [-0.25, -0.2) is 0 Å². The van der Waals surface area contributed by atoms with E-state index in [1.807, 2.05) is 0 Å². The summed E-state index contributed by atoms with van der Waals surface area (Å²) in [6, 6.07) is 0. The predicted octanol–water partition coefficient (Wildman–Crippen LogP) is 13.4. The molecule has 5 aliphatic carbocycles. The van der Waals surface area contributed by atoms with Crippen molar-refractivity contribution < 1.29 is 14.3 Å². The van der Waals surface area contributed by atoms with Gasteiger partial charge in [0.2, 0.25) is 0 Å². The number of carbonyl (C=O) groups is 2. The van der Waals surface area contributed by atoms with E-state index in [-0.39, 0.29) is 39.7 Å². The number of rotatable bonds is 15. The summed E-state index contributed by atoms with van der Waals surface area (Å²) < 4.78 is 6.36. The second-order valence-corrected chi connectivity index (χ2v) is 20.7. The number of unbranched alkanes of at least 4 members (excludes halogenated alkanes) is 12. The molecule has 8 atom stereocenters. The summed E-state index contributed by atoms with van der Waals surface area (Å²) in [5.74, 6) is 1.38. The summed E-state index contributed by atoms with van der Waals surface area (Å²) in [5, 5.41) is 0. The predicted molar refractivity (Wildman–Crippen MR) is 205 cm³/mol. The molecule has 0 bridgehead atoms. The van der Waals surface area contributed by atoms with E-state index in [4.69, 9.17) is 4.74 Å². The van der Waals surface area contributed by atoms with Gasteiger partial charge in [-0.2, -0.15) is 0 Å². The molecule has 0 aromatic rings. The van der Waals surface area contributed by atoms with Crippen LogP contribution in [0, 0.1) is 50.2 Å². The van der Waals surface area contributed by atoms with Gasteiger partial charge in [0, 0.05) is 17.8 Å². The zero-order valence-corrected chi connectivity index (χ0v) is 33.9. The first kappa shape index (κ1) is 39.1. The van der Waals surface area contributed by atoms with Gasteiger partial charge in [-0.3, -0.25) is 9.59 Å². The number of fused-ring (bicyclic) bond motifs is 7. The van der Waals surface area contributed by atoms with E-state index in [9.17, 15) is 9.59 Å². The van der Waals surface area contributed by atoms with Crippen molar-refractivity contribution in [1.82, 2.24) is 0 Å². The highest BCUT2D eigenvalue weighted by Gasteiger charge is 2.70. The van der Waals surface area contributed by atoms with E-state index in [0.717, 1.165) is 38.5 Å². The van der Waals surface area contributed by atoms with E-state index in [1.54, 1.807) is 0 Å². The third kappa shape index (κ3) is 7.54. The van der Waals surface area contributed by atoms with Crippen LogP contribution in [0.5, 0.6) is 0 Å².